The second-order valence-corrected chi connectivity index (χ2v) is 9.01. The number of hydrogen-bond donors (Lipinski definition) is 1. The molecule has 162 valence electrons. The zero-order chi connectivity index (χ0) is 21.7. The van der Waals surface area contributed by atoms with Gasteiger partial charge in [0.15, 0.2) is 0 Å². The van der Waals surface area contributed by atoms with Gasteiger partial charge < -0.3 is 10.6 Å². The predicted octanol–water partition coefficient (Wildman–Crippen LogP) is 4.22. The summed E-state index contributed by atoms with van der Waals surface area (Å²) in [6.45, 7) is 2.49. The molecule has 0 aromatic heterocycles. The average molecular weight is 408 g/mol. The average Bonchev–Trinajstić information content (AvgIpc) is 2.80. The Bertz CT molecular complexity index is 798. The standard InChI is InChI=1S/C26H37N3O/c1-20(21-11-7-5-8-12-21)24(19-27)25(30)29(4)23-15-17-26(18-16-23,28(2)3)22-13-9-6-10-14-22/h5-14,20,23-24H,15-19,27H2,1-4H3. The summed E-state index contributed by atoms with van der Waals surface area (Å²) >= 11 is 0. The van der Waals surface area contributed by atoms with Crippen LogP contribution in [0.15, 0.2) is 60.7 Å². The predicted molar refractivity (Wildman–Crippen MR) is 124 cm³/mol. The number of carbonyl (C=O) groups is 1. The normalized spacial score (nSPS) is 23.7. The summed E-state index contributed by atoms with van der Waals surface area (Å²) in [4.78, 5) is 17.7. The molecule has 1 aliphatic rings. The molecule has 2 atom stereocenters. The molecule has 0 saturated heterocycles. The van der Waals surface area contributed by atoms with Crippen LogP contribution in [-0.4, -0.2) is 49.4 Å². The molecule has 2 unspecified atom stereocenters. The van der Waals surface area contributed by atoms with Gasteiger partial charge in [0.2, 0.25) is 5.91 Å². The Morgan fingerprint density at radius 1 is 1.00 bits per heavy atom. The highest BCUT2D eigenvalue weighted by atomic mass is 16.2. The van der Waals surface area contributed by atoms with Gasteiger partial charge in [0, 0.05) is 25.2 Å². The number of nitrogens with two attached hydrogens (primary N) is 1. The van der Waals surface area contributed by atoms with Crippen molar-refractivity contribution in [2.24, 2.45) is 11.7 Å². The SMILES string of the molecule is CC(c1ccccc1)C(CN)C(=O)N(C)C1CCC(c2ccccc2)(N(C)C)CC1. The van der Waals surface area contributed by atoms with Crippen LogP contribution in [0, 0.1) is 5.92 Å². The van der Waals surface area contributed by atoms with E-state index in [0.717, 1.165) is 25.7 Å². The van der Waals surface area contributed by atoms with Crippen LogP contribution in [0.3, 0.4) is 0 Å². The number of amides is 1. The molecule has 1 amide bonds. The van der Waals surface area contributed by atoms with E-state index in [9.17, 15) is 4.79 Å². The summed E-state index contributed by atoms with van der Waals surface area (Å²) in [6.07, 6.45) is 4.11. The molecular formula is C26H37N3O. The molecular weight excluding hydrogens is 370 g/mol. The van der Waals surface area contributed by atoms with Crippen molar-refractivity contribution in [3.05, 3.63) is 71.8 Å². The monoisotopic (exact) mass is 407 g/mol. The largest absolute Gasteiger partial charge is 0.342 e. The molecule has 1 saturated carbocycles. The molecule has 1 aliphatic carbocycles. The van der Waals surface area contributed by atoms with Crippen molar-refractivity contribution in [3.63, 3.8) is 0 Å². The number of benzene rings is 2. The lowest BCUT2D eigenvalue weighted by molar-refractivity contribution is -0.138. The van der Waals surface area contributed by atoms with Crippen LogP contribution in [0.25, 0.3) is 0 Å². The van der Waals surface area contributed by atoms with Gasteiger partial charge >= 0.3 is 0 Å². The van der Waals surface area contributed by atoms with Gasteiger partial charge in [-0.3, -0.25) is 9.69 Å². The second kappa shape index (κ2) is 9.76. The van der Waals surface area contributed by atoms with E-state index >= 15 is 0 Å². The fourth-order valence-corrected chi connectivity index (χ4v) is 5.16. The molecule has 2 aromatic rings. The second-order valence-electron chi connectivity index (χ2n) is 9.01. The Balaban J connectivity index is 1.70. The van der Waals surface area contributed by atoms with E-state index in [1.165, 1.54) is 11.1 Å². The van der Waals surface area contributed by atoms with E-state index in [1.807, 2.05) is 30.1 Å². The summed E-state index contributed by atoms with van der Waals surface area (Å²) < 4.78 is 0. The van der Waals surface area contributed by atoms with E-state index in [1.54, 1.807) is 0 Å². The quantitative estimate of drug-likeness (QED) is 0.747. The summed E-state index contributed by atoms with van der Waals surface area (Å²) in [5.41, 5.74) is 8.68. The summed E-state index contributed by atoms with van der Waals surface area (Å²) in [5.74, 6) is 0.0999. The molecule has 1 fully saturated rings. The third-order valence-electron chi connectivity index (χ3n) is 7.34. The van der Waals surface area contributed by atoms with E-state index in [4.69, 9.17) is 5.73 Å². The first kappa shape index (κ1) is 22.5. The van der Waals surface area contributed by atoms with Crippen LogP contribution in [0.2, 0.25) is 0 Å². The molecule has 30 heavy (non-hydrogen) atoms. The van der Waals surface area contributed by atoms with Gasteiger partial charge in [-0.1, -0.05) is 67.6 Å². The third-order valence-corrected chi connectivity index (χ3v) is 7.34. The Kier molecular flexibility index (Phi) is 7.32. The van der Waals surface area contributed by atoms with Crippen LogP contribution in [0.5, 0.6) is 0 Å². The highest BCUT2D eigenvalue weighted by molar-refractivity contribution is 5.80. The molecule has 3 rings (SSSR count). The zero-order valence-electron chi connectivity index (χ0n) is 18.9. The number of hydrogen-bond acceptors (Lipinski definition) is 3. The smallest absolute Gasteiger partial charge is 0.227 e. The van der Waals surface area contributed by atoms with Gasteiger partial charge in [0.1, 0.15) is 0 Å². The van der Waals surface area contributed by atoms with Gasteiger partial charge in [-0.25, -0.2) is 0 Å². The van der Waals surface area contributed by atoms with Gasteiger partial charge in [-0.15, -0.1) is 0 Å². The summed E-state index contributed by atoms with van der Waals surface area (Å²) in [5, 5.41) is 0. The van der Waals surface area contributed by atoms with E-state index in [2.05, 4.69) is 68.4 Å². The van der Waals surface area contributed by atoms with Gasteiger partial charge in [-0.05, 0) is 56.8 Å². The lowest BCUT2D eigenvalue weighted by Crippen LogP contribution is -2.50. The molecule has 0 aliphatic heterocycles. The molecule has 4 nitrogen and oxygen atoms in total. The molecule has 0 radical (unpaired) electrons. The van der Waals surface area contributed by atoms with Crippen molar-refractivity contribution >= 4 is 5.91 Å². The van der Waals surface area contributed by atoms with E-state index < -0.39 is 0 Å². The van der Waals surface area contributed by atoms with Crippen molar-refractivity contribution in [2.75, 3.05) is 27.7 Å². The fraction of sp³-hybridized carbons (Fsp3) is 0.500. The minimum absolute atomic E-state index is 0.0479. The van der Waals surface area contributed by atoms with Gasteiger partial charge in [-0.2, -0.15) is 0 Å². The Morgan fingerprint density at radius 3 is 2.03 bits per heavy atom. The maximum absolute atomic E-state index is 13.4. The zero-order valence-corrected chi connectivity index (χ0v) is 18.9. The first-order valence-corrected chi connectivity index (χ1v) is 11.2. The summed E-state index contributed by atoms with van der Waals surface area (Å²) in [6, 6.07) is 21.3. The first-order valence-electron chi connectivity index (χ1n) is 11.2. The topological polar surface area (TPSA) is 49.6 Å². The van der Waals surface area contributed by atoms with Crippen LogP contribution in [0.1, 0.15) is 49.7 Å². The lowest BCUT2D eigenvalue weighted by atomic mass is 9.73. The van der Waals surface area contributed by atoms with Crippen molar-refractivity contribution in [1.29, 1.82) is 0 Å². The van der Waals surface area contributed by atoms with Crippen LogP contribution >= 0.6 is 0 Å². The maximum atomic E-state index is 13.4. The van der Waals surface area contributed by atoms with Crippen molar-refractivity contribution in [3.8, 4) is 0 Å². The first-order chi connectivity index (χ1) is 14.4. The Labute approximate surface area is 182 Å². The van der Waals surface area contributed by atoms with Crippen LogP contribution in [0.4, 0.5) is 0 Å². The fourth-order valence-electron chi connectivity index (χ4n) is 5.16. The molecule has 4 heteroatoms. The van der Waals surface area contributed by atoms with Crippen LogP contribution in [-0.2, 0) is 10.3 Å². The third kappa shape index (κ3) is 4.45. The minimum atomic E-state index is -0.188. The minimum Gasteiger partial charge on any atom is -0.342 e. The Hall–Kier alpha value is -2.17. The van der Waals surface area contributed by atoms with E-state index in [0.29, 0.717) is 6.54 Å². The maximum Gasteiger partial charge on any atom is 0.227 e. The van der Waals surface area contributed by atoms with Gasteiger partial charge in [0.25, 0.3) is 0 Å². The van der Waals surface area contributed by atoms with Crippen molar-refractivity contribution < 1.29 is 4.79 Å². The molecule has 0 spiro atoms. The highest BCUT2D eigenvalue weighted by Crippen LogP contribution is 2.42. The molecule has 0 heterocycles. The van der Waals surface area contributed by atoms with E-state index in [-0.39, 0.29) is 29.3 Å². The van der Waals surface area contributed by atoms with Crippen molar-refractivity contribution in [1.82, 2.24) is 9.80 Å². The highest BCUT2D eigenvalue weighted by Gasteiger charge is 2.41. The lowest BCUT2D eigenvalue weighted by Gasteiger charge is -2.47. The van der Waals surface area contributed by atoms with Crippen molar-refractivity contribution in [2.45, 2.75) is 50.1 Å². The van der Waals surface area contributed by atoms with Crippen LogP contribution < -0.4 is 5.73 Å². The van der Waals surface area contributed by atoms with Gasteiger partial charge in [0.05, 0.1) is 5.92 Å². The number of nitrogens with zero attached hydrogens (tertiary/aromatic N) is 2. The molecule has 2 aromatic carbocycles. The summed E-state index contributed by atoms with van der Waals surface area (Å²) in [7, 11) is 6.32. The number of rotatable bonds is 7. The molecule has 0 bridgehead atoms. The number of carbonyl (C=O) groups excluding carboxylic acids is 1. The Morgan fingerprint density at radius 2 is 1.53 bits per heavy atom. The molecule has 2 N–H and O–H groups in total.